The zero-order valence-electron chi connectivity index (χ0n) is 14.6. The zero-order valence-corrected chi connectivity index (χ0v) is 17.8. The minimum absolute atomic E-state index is 0. The van der Waals surface area contributed by atoms with E-state index in [9.17, 15) is 4.79 Å². The van der Waals surface area contributed by atoms with E-state index < -0.39 is 0 Å². The highest BCUT2D eigenvalue weighted by Gasteiger charge is 2.26. The number of hydrogen-bond donors (Lipinski definition) is 1. The number of carbonyl (C=O) groups excluding carboxylic acids is 1. The number of aliphatic imine (C=N–C) groups is 1. The lowest BCUT2D eigenvalue weighted by Gasteiger charge is -2.33. The molecule has 0 amide bonds. The average Bonchev–Trinajstić information content (AvgIpc) is 3.04. The molecule has 9 heteroatoms. The number of guanidine groups is 1. The normalized spacial score (nSPS) is 15.7. The summed E-state index contributed by atoms with van der Waals surface area (Å²) in [6.45, 7) is 2.26. The van der Waals surface area contributed by atoms with Crippen molar-refractivity contribution in [3.63, 3.8) is 0 Å². The summed E-state index contributed by atoms with van der Waals surface area (Å²) < 4.78 is 4.82. The Labute approximate surface area is 164 Å². The molecule has 2 rings (SSSR count). The fraction of sp³-hybridized carbons (Fsp3) is 0.667. The molecule has 24 heavy (non-hydrogen) atoms. The number of methoxy groups -OCH3 is 1. The molecule has 1 aliphatic rings. The molecule has 0 spiro atoms. The number of esters is 1. The second-order valence-electron chi connectivity index (χ2n) is 5.70. The van der Waals surface area contributed by atoms with Gasteiger partial charge >= 0.3 is 5.97 Å². The van der Waals surface area contributed by atoms with E-state index in [2.05, 4.69) is 25.6 Å². The summed E-state index contributed by atoms with van der Waals surface area (Å²) in [5.41, 5.74) is 1.00. The van der Waals surface area contributed by atoms with Crippen LogP contribution in [-0.2, 0) is 16.1 Å². The van der Waals surface area contributed by atoms with Gasteiger partial charge in [0.15, 0.2) is 11.1 Å². The van der Waals surface area contributed by atoms with Gasteiger partial charge in [-0.2, -0.15) is 0 Å². The Morgan fingerprint density at radius 1 is 1.50 bits per heavy atom. The first-order valence-electron chi connectivity index (χ1n) is 7.70. The Bertz CT molecular complexity index is 556. The molecule has 1 saturated heterocycles. The van der Waals surface area contributed by atoms with E-state index in [1.807, 2.05) is 19.0 Å². The van der Waals surface area contributed by atoms with Crippen molar-refractivity contribution in [3.8, 4) is 0 Å². The van der Waals surface area contributed by atoms with Crippen LogP contribution >= 0.6 is 35.3 Å². The summed E-state index contributed by atoms with van der Waals surface area (Å²) >= 11 is 1.63. The molecule has 0 unspecified atom stereocenters. The van der Waals surface area contributed by atoms with E-state index in [1.165, 1.54) is 7.11 Å². The minimum Gasteiger partial charge on any atom is -0.469 e. The molecule has 1 aliphatic heterocycles. The Hall–Kier alpha value is -1.10. The van der Waals surface area contributed by atoms with Crippen LogP contribution in [-0.4, -0.2) is 63.2 Å². The largest absolute Gasteiger partial charge is 0.469 e. The van der Waals surface area contributed by atoms with Crippen molar-refractivity contribution in [2.24, 2.45) is 10.9 Å². The van der Waals surface area contributed by atoms with E-state index in [1.54, 1.807) is 18.4 Å². The van der Waals surface area contributed by atoms with Crippen molar-refractivity contribution in [3.05, 3.63) is 11.1 Å². The smallest absolute Gasteiger partial charge is 0.308 e. The third-order valence-corrected chi connectivity index (χ3v) is 4.95. The first kappa shape index (κ1) is 20.9. The molecule has 1 N–H and O–H groups in total. The van der Waals surface area contributed by atoms with Crippen LogP contribution in [0, 0.1) is 5.92 Å². The molecule has 0 saturated carbocycles. The maximum Gasteiger partial charge on any atom is 0.308 e. The zero-order chi connectivity index (χ0) is 16.8. The summed E-state index contributed by atoms with van der Waals surface area (Å²) in [6, 6.07) is 0. The number of hydrogen-bond acceptors (Lipinski definition) is 6. The van der Waals surface area contributed by atoms with Gasteiger partial charge in [-0.05, 0) is 12.8 Å². The van der Waals surface area contributed by atoms with Gasteiger partial charge in [-0.25, -0.2) is 4.98 Å². The van der Waals surface area contributed by atoms with Crippen molar-refractivity contribution >= 4 is 52.4 Å². The monoisotopic (exact) mass is 467 g/mol. The van der Waals surface area contributed by atoms with Crippen molar-refractivity contribution in [1.82, 2.24) is 15.2 Å². The Balaban J connectivity index is 0.00000288. The number of rotatable bonds is 4. The standard InChI is InChI=1S/C15H25N5O2S.HI/c1-16-14(17-9-12-10-23-15(18-12)19(2)3)20-7-5-11(6-8-20)13(21)22-4;/h10-11H,5-9H2,1-4H3,(H,16,17);1H. The van der Waals surface area contributed by atoms with Crippen LogP contribution in [0.15, 0.2) is 10.4 Å². The van der Waals surface area contributed by atoms with Gasteiger partial charge in [0.25, 0.3) is 0 Å². The SMILES string of the molecule is CN=C(NCc1csc(N(C)C)n1)N1CCC(C(=O)OC)CC1.I. The highest BCUT2D eigenvalue weighted by molar-refractivity contribution is 14.0. The number of nitrogens with one attached hydrogen (secondary N) is 1. The second-order valence-corrected chi connectivity index (χ2v) is 6.54. The molecule has 0 aromatic carbocycles. The van der Waals surface area contributed by atoms with Crippen molar-refractivity contribution < 1.29 is 9.53 Å². The van der Waals surface area contributed by atoms with Crippen LogP contribution in [0.25, 0.3) is 0 Å². The van der Waals surface area contributed by atoms with E-state index in [-0.39, 0.29) is 35.9 Å². The minimum atomic E-state index is -0.105. The van der Waals surface area contributed by atoms with Gasteiger partial charge in [0.05, 0.1) is 25.3 Å². The predicted octanol–water partition coefficient (Wildman–Crippen LogP) is 1.79. The predicted molar refractivity (Wildman–Crippen MR) is 108 cm³/mol. The Kier molecular flexibility index (Phi) is 8.74. The number of likely N-dealkylation sites (tertiary alicyclic amines) is 1. The van der Waals surface area contributed by atoms with Crippen LogP contribution < -0.4 is 10.2 Å². The van der Waals surface area contributed by atoms with E-state index in [4.69, 9.17) is 4.74 Å². The number of carbonyl (C=O) groups is 1. The molecule has 7 nitrogen and oxygen atoms in total. The lowest BCUT2D eigenvalue weighted by Crippen LogP contribution is -2.46. The highest BCUT2D eigenvalue weighted by atomic mass is 127. The number of aromatic nitrogens is 1. The summed E-state index contributed by atoms with van der Waals surface area (Å²) in [5, 5.41) is 6.40. The lowest BCUT2D eigenvalue weighted by molar-refractivity contribution is -0.146. The van der Waals surface area contributed by atoms with E-state index in [0.29, 0.717) is 6.54 Å². The fourth-order valence-corrected chi connectivity index (χ4v) is 3.34. The van der Waals surface area contributed by atoms with Gasteiger partial charge in [-0.3, -0.25) is 9.79 Å². The fourth-order valence-electron chi connectivity index (χ4n) is 2.58. The number of halogens is 1. The summed E-state index contributed by atoms with van der Waals surface area (Å²) in [7, 11) is 7.20. The molecule has 0 radical (unpaired) electrons. The third-order valence-electron chi connectivity index (χ3n) is 3.89. The molecule has 1 fully saturated rings. The van der Waals surface area contributed by atoms with Gasteiger partial charge in [0.2, 0.25) is 0 Å². The molecule has 0 bridgehead atoms. The third kappa shape index (κ3) is 5.47. The van der Waals surface area contributed by atoms with Crippen LogP contribution in [0.3, 0.4) is 0 Å². The van der Waals surface area contributed by atoms with E-state index in [0.717, 1.165) is 42.7 Å². The molecular formula is C15H26IN5O2S. The van der Waals surface area contributed by atoms with Crippen LogP contribution in [0.1, 0.15) is 18.5 Å². The van der Waals surface area contributed by atoms with Gasteiger partial charge < -0.3 is 19.9 Å². The molecule has 0 atom stereocenters. The summed E-state index contributed by atoms with van der Waals surface area (Å²) in [4.78, 5) is 24.7. The lowest BCUT2D eigenvalue weighted by atomic mass is 9.97. The van der Waals surface area contributed by atoms with Crippen molar-refractivity contribution in [2.45, 2.75) is 19.4 Å². The molecule has 136 valence electrons. The Morgan fingerprint density at radius 3 is 2.67 bits per heavy atom. The number of nitrogens with zero attached hydrogens (tertiary/aromatic N) is 4. The molecule has 1 aromatic heterocycles. The number of thiazole rings is 1. The quantitative estimate of drug-likeness (QED) is 0.315. The van der Waals surface area contributed by atoms with Crippen LogP contribution in [0.4, 0.5) is 5.13 Å². The van der Waals surface area contributed by atoms with Crippen molar-refractivity contribution in [1.29, 1.82) is 0 Å². The first-order valence-corrected chi connectivity index (χ1v) is 8.58. The highest BCUT2D eigenvalue weighted by Crippen LogP contribution is 2.19. The maximum absolute atomic E-state index is 11.6. The average molecular weight is 467 g/mol. The molecule has 2 heterocycles. The van der Waals surface area contributed by atoms with Gasteiger partial charge in [-0.15, -0.1) is 35.3 Å². The van der Waals surface area contributed by atoms with Gasteiger partial charge in [0, 0.05) is 39.6 Å². The topological polar surface area (TPSA) is 70.1 Å². The van der Waals surface area contributed by atoms with E-state index >= 15 is 0 Å². The second kappa shape index (κ2) is 10.0. The first-order chi connectivity index (χ1) is 11.0. The van der Waals surface area contributed by atoms with Crippen LogP contribution in [0.5, 0.6) is 0 Å². The van der Waals surface area contributed by atoms with Crippen molar-refractivity contribution in [2.75, 3.05) is 46.2 Å². The number of piperidine rings is 1. The summed E-state index contributed by atoms with van der Waals surface area (Å²) in [5.74, 6) is 0.759. The Morgan fingerprint density at radius 2 is 2.17 bits per heavy atom. The molecule has 1 aromatic rings. The van der Waals surface area contributed by atoms with Crippen LogP contribution in [0.2, 0.25) is 0 Å². The summed E-state index contributed by atoms with van der Waals surface area (Å²) in [6.07, 6.45) is 1.60. The number of anilines is 1. The maximum atomic E-state index is 11.6. The number of ether oxygens (including phenoxy) is 1. The van der Waals surface area contributed by atoms with Gasteiger partial charge in [0.1, 0.15) is 0 Å². The molecular weight excluding hydrogens is 441 g/mol. The van der Waals surface area contributed by atoms with Gasteiger partial charge in [-0.1, -0.05) is 0 Å². The molecule has 0 aliphatic carbocycles.